The molecule has 0 radical (unpaired) electrons. The lowest BCUT2D eigenvalue weighted by Gasteiger charge is -2.33. The lowest BCUT2D eigenvalue weighted by atomic mass is 10.0. The Balaban J connectivity index is 1.64. The van der Waals surface area contributed by atoms with Gasteiger partial charge in [-0.15, -0.1) is 0 Å². The summed E-state index contributed by atoms with van der Waals surface area (Å²) in [6.07, 6.45) is 0.541. The van der Waals surface area contributed by atoms with Crippen LogP contribution in [0.3, 0.4) is 0 Å². The lowest BCUT2D eigenvalue weighted by Crippen LogP contribution is -2.48. The number of carbonyl (C=O) groups excluding carboxylic acids is 2. The number of carbonyl (C=O) groups is 2. The number of nitrogens with zero attached hydrogens (tertiary/aromatic N) is 1. The Morgan fingerprint density at radius 3 is 2.73 bits per heavy atom. The average molecular weight is 428 g/mol. The van der Waals surface area contributed by atoms with Crippen LogP contribution < -0.4 is 5.32 Å². The summed E-state index contributed by atoms with van der Waals surface area (Å²) in [5, 5.41) is 23.3. The van der Waals surface area contributed by atoms with Crippen molar-refractivity contribution < 1.29 is 19.8 Å². The summed E-state index contributed by atoms with van der Waals surface area (Å²) in [5.41, 5.74) is 3.11. The van der Waals surface area contributed by atoms with Gasteiger partial charge in [0.05, 0.1) is 18.7 Å². The maximum absolute atomic E-state index is 13.0. The van der Waals surface area contributed by atoms with E-state index in [1.165, 1.54) is 4.90 Å². The summed E-state index contributed by atoms with van der Waals surface area (Å²) in [6.45, 7) is -0.842. The summed E-state index contributed by atoms with van der Waals surface area (Å²) >= 11 is 6.03. The van der Waals surface area contributed by atoms with Crippen molar-refractivity contribution >= 4 is 34.3 Å². The molecule has 0 bridgehead atoms. The van der Waals surface area contributed by atoms with Crippen molar-refractivity contribution in [2.24, 2.45) is 0 Å². The zero-order valence-electron chi connectivity index (χ0n) is 16.1. The van der Waals surface area contributed by atoms with E-state index in [0.29, 0.717) is 17.1 Å². The van der Waals surface area contributed by atoms with Gasteiger partial charge in [-0.1, -0.05) is 35.9 Å². The van der Waals surface area contributed by atoms with E-state index < -0.39 is 24.6 Å². The van der Waals surface area contributed by atoms with Crippen LogP contribution in [0.5, 0.6) is 0 Å². The van der Waals surface area contributed by atoms with Gasteiger partial charge >= 0.3 is 0 Å². The molecule has 0 aliphatic heterocycles. The Morgan fingerprint density at radius 2 is 1.97 bits per heavy atom. The average Bonchev–Trinajstić information content (AvgIpc) is 3.32. The lowest BCUT2D eigenvalue weighted by molar-refractivity contribution is -0.137. The van der Waals surface area contributed by atoms with Crippen molar-refractivity contribution in [1.82, 2.24) is 15.2 Å². The van der Waals surface area contributed by atoms with E-state index >= 15 is 0 Å². The van der Waals surface area contributed by atoms with Crippen molar-refractivity contribution in [2.75, 3.05) is 19.8 Å². The highest BCUT2D eigenvalue weighted by Crippen LogP contribution is 2.36. The minimum absolute atomic E-state index is 0.0651. The fourth-order valence-corrected chi connectivity index (χ4v) is 4.36. The van der Waals surface area contributed by atoms with Crippen molar-refractivity contribution in [3.8, 4) is 0 Å². The van der Waals surface area contributed by atoms with Crippen LogP contribution in [0.25, 0.3) is 10.9 Å². The molecule has 7 nitrogen and oxygen atoms in total. The minimum Gasteiger partial charge on any atom is -0.395 e. The number of aromatic nitrogens is 1. The van der Waals surface area contributed by atoms with Crippen LogP contribution in [-0.4, -0.2) is 57.7 Å². The fraction of sp³-hybridized carbons (Fsp3) is 0.273. The van der Waals surface area contributed by atoms with E-state index in [2.05, 4.69) is 10.3 Å². The van der Waals surface area contributed by atoms with Crippen molar-refractivity contribution in [3.05, 3.63) is 70.4 Å². The van der Waals surface area contributed by atoms with Crippen molar-refractivity contribution in [3.63, 3.8) is 0 Å². The molecule has 30 heavy (non-hydrogen) atoms. The van der Waals surface area contributed by atoms with Crippen molar-refractivity contribution in [1.29, 1.82) is 0 Å². The Kier molecular flexibility index (Phi) is 5.76. The molecule has 0 spiro atoms. The van der Waals surface area contributed by atoms with E-state index in [-0.39, 0.29) is 19.1 Å². The second-order valence-electron chi connectivity index (χ2n) is 7.31. The molecule has 1 aliphatic rings. The molecule has 1 heterocycles. The van der Waals surface area contributed by atoms with Gasteiger partial charge in [0.1, 0.15) is 12.3 Å². The molecule has 0 saturated heterocycles. The largest absolute Gasteiger partial charge is 0.395 e. The number of nitrogens with one attached hydrogen (secondary N) is 2. The second kappa shape index (κ2) is 8.47. The molecule has 4 rings (SSSR count). The molecule has 2 atom stereocenters. The highest BCUT2D eigenvalue weighted by molar-refractivity contribution is 6.31. The first-order valence-electron chi connectivity index (χ1n) is 9.70. The third kappa shape index (κ3) is 3.79. The smallest absolute Gasteiger partial charge is 0.268 e. The number of benzene rings is 2. The monoisotopic (exact) mass is 427 g/mol. The molecule has 0 fully saturated rings. The highest BCUT2D eigenvalue weighted by Gasteiger charge is 2.39. The quantitative estimate of drug-likeness (QED) is 0.483. The standard InChI is InChI=1S/C22H22ClN3O4/c23-15-5-6-17-14(9-15)11-19(24-17)22(30)25-18-10-13-3-1-2-4-16(13)21(18)26(7-8-27)20(29)12-28/h1-6,9,11,18,21,24,27-28H,7-8,10,12H2,(H,25,30)/t18-,21-/m1/s1. The number of aliphatic hydroxyl groups excluding tert-OH is 2. The molecule has 3 aromatic rings. The van der Waals surface area contributed by atoms with Crippen LogP contribution in [0.4, 0.5) is 0 Å². The van der Waals surface area contributed by atoms with Gasteiger partial charge in [-0.3, -0.25) is 9.59 Å². The molecule has 1 aromatic heterocycles. The number of H-pyrrole nitrogens is 1. The Morgan fingerprint density at radius 1 is 1.17 bits per heavy atom. The van der Waals surface area contributed by atoms with Crippen LogP contribution in [-0.2, 0) is 11.2 Å². The number of rotatable bonds is 6. The van der Waals surface area contributed by atoms with Gasteiger partial charge in [0.15, 0.2) is 0 Å². The summed E-state index contributed by atoms with van der Waals surface area (Å²) in [6, 6.07) is 13.8. The predicted octanol–water partition coefficient (Wildman–Crippen LogP) is 2.03. The van der Waals surface area contributed by atoms with Gasteiger partial charge in [-0.05, 0) is 41.8 Å². The van der Waals surface area contributed by atoms with E-state index in [9.17, 15) is 19.8 Å². The number of amides is 2. The van der Waals surface area contributed by atoms with Crippen LogP contribution in [0, 0.1) is 0 Å². The molecule has 1 aliphatic carbocycles. The van der Waals surface area contributed by atoms with Crippen LogP contribution in [0.1, 0.15) is 27.7 Å². The first-order chi connectivity index (χ1) is 14.5. The normalized spacial score (nSPS) is 17.7. The molecule has 0 saturated carbocycles. The molecule has 4 N–H and O–H groups in total. The molecule has 0 unspecified atom stereocenters. The summed E-state index contributed by atoms with van der Waals surface area (Å²) in [5.74, 6) is -0.796. The molecular weight excluding hydrogens is 406 g/mol. The molecule has 2 aromatic carbocycles. The van der Waals surface area contributed by atoms with E-state index in [1.807, 2.05) is 30.3 Å². The van der Waals surface area contributed by atoms with Crippen LogP contribution in [0.15, 0.2) is 48.5 Å². The first kappa shape index (κ1) is 20.4. The minimum atomic E-state index is -0.665. The van der Waals surface area contributed by atoms with Gasteiger partial charge in [-0.25, -0.2) is 0 Å². The second-order valence-corrected chi connectivity index (χ2v) is 7.75. The van der Waals surface area contributed by atoms with Gasteiger partial charge in [0, 0.05) is 22.5 Å². The topological polar surface area (TPSA) is 106 Å². The number of aromatic amines is 1. The van der Waals surface area contributed by atoms with E-state index in [0.717, 1.165) is 22.0 Å². The Hall–Kier alpha value is -2.87. The third-order valence-corrected chi connectivity index (χ3v) is 5.71. The fourth-order valence-electron chi connectivity index (χ4n) is 4.18. The number of hydrogen-bond donors (Lipinski definition) is 4. The number of fused-ring (bicyclic) bond motifs is 2. The van der Waals surface area contributed by atoms with Gasteiger partial charge in [0.2, 0.25) is 5.91 Å². The van der Waals surface area contributed by atoms with E-state index in [1.54, 1.807) is 18.2 Å². The zero-order chi connectivity index (χ0) is 21.3. The molecular formula is C22H22ClN3O4. The summed E-state index contributed by atoms with van der Waals surface area (Å²) < 4.78 is 0. The van der Waals surface area contributed by atoms with Crippen LogP contribution >= 0.6 is 11.6 Å². The van der Waals surface area contributed by atoms with Crippen LogP contribution in [0.2, 0.25) is 5.02 Å². The Labute approximate surface area is 178 Å². The first-order valence-corrected chi connectivity index (χ1v) is 10.1. The molecule has 2 amide bonds. The maximum Gasteiger partial charge on any atom is 0.268 e. The number of aliphatic hydroxyl groups is 2. The van der Waals surface area contributed by atoms with E-state index in [4.69, 9.17) is 11.6 Å². The summed E-state index contributed by atoms with van der Waals surface area (Å²) in [7, 11) is 0. The number of hydrogen-bond acceptors (Lipinski definition) is 4. The Bertz CT molecular complexity index is 1100. The van der Waals surface area contributed by atoms with Gasteiger partial charge < -0.3 is 25.4 Å². The molecule has 8 heteroatoms. The summed E-state index contributed by atoms with van der Waals surface area (Å²) in [4.78, 5) is 29.9. The maximum atomic E-state index is 13.0. The SMILES string of the molecule is O=C(N[C@@H]1Cc2ccccc2[C@H]1N(CCO)C(=O)CO)c1cc2cc(Cl)ccc2[nH]1. The van der Waals surface area contributed by atoms with Gasteiger partial charge in [0.25, 0.3) is 5.91 Å². The third-order valence-electron chi connectivity index (χ3n) is 5.47. The van der Waals surface area contributed by atoms with Gasteiger partial charge in [-0.2, -0.15) is 0 Å². The highest BCUT2D eigenvalue weighted by atomic mass is 35.5. The predicted molar refractivity (Wildman–Crippen MR) is 113 cm³/mol. The molecule has 156 valence electrons. The number of halogens is 1. The van der Waals surface area contributed by atoms with Crippen molar-refractivity contribution in [2.45, 2.75) is 18.5 Å². The zero-order valence-corrected chi connectivity index (χ0v) is 16.9.